The van der Waals surface area contributed by atoms with Gasteiger partial charge in [-0.2, -0.15) is 13.2 Å². The highest BCUT2D eigenvalue weighted by atomic mass is 19.4. The van der Waals surface area contributed by atoms with Gasteiger partial charge in [0, 0.05) is 11.8 Å². The summed E-state index contributed by atoms with van der Waals surface area (Å²) in [6.45, 7) is 8.48. The van der Waals surface area contributed by atoms with E-state index in [0.717, 1.165) is 28.9 Å². The summed E-state index contributed by atoms with van der Waals surface area (Å²) < 4.78 is 38.3. The Balaban J connectivity index is 1.92. The van der Waals surface area contributed by atoms with Crippen LogP contribution in [0, 0.1) is 0 Å². The Morgan fingerprint density at radius 2 is 1.35 bits per heavy atom. The first-order chi connectivity index (χ1) is 14.6. The van der Waals surface area contributed by atoms with Gasteiger partial charge in [-0.1, -0.05) is 64.1 Å². The molecule has 0 saturated carbocycles. The van der Waals surface area contributed by atoms with Gasteiger partial charge in [-0.05, 0) is 58.4 Å². The summed E-state index contributed by atoms with van der Waals surface area (Å²) in [5, 5.41) is 10.5. The zero-order valence-corrected chi connectivity index (χ0v) is 18.0. The number of nitrogens with zero attached hydrogens (tertiary/aromatic N) is 1. The highest BCUT2D eigenvalue weighted by molar-refractivity contribution is 5.87. The second kappa shape index (κ2) is 8.96. The molecule has 31 heavy (non-hydrogen) atoms. The number of benzene rings is 3. The predicted octanol–water partition coefficient (Wildman–Crippen LogP) is 8.08. The standard InChI is InChI=1S/C26H26F3NO/c1-16(2)22-6-5-7-23(17(3)4)25(22)30-15-20-9-8-19(14-24(20)31)18-10-12-21(13-11-18)26(27,28)29/h5-17,31H,1-4H3. The van der Waals surface area contributed by atoms with Crippen LogP contribution in [0.3, 0.4) is 0 Å². The molecule has 0 radical (unpaired) electrons. The van der Waals surface area contributed by atoms with E-state index in [2.05, 4.69) is 39.8 Å². The van der Waals surface area contributed by atoms with Crippen LogP contribution in [-0.4, -0.2) is 11.3 Å². The zero-order valence-electron chi connectivity index (χ0n) is 18.0. The number of halogens is 3. The Bertz CT molecular complexity index is 1050. The van der Waals surface area contributed by atoms with E-state index < -0.39 is 11.7 Å². The average molecular weight is 425 g/mol. The monoisotopic (exact) mass is 425 g/mol. The first kappa shape index (κ1) is 22.6. The molecule has 0 aliphatic rings. The fourth-order valence-electron chi connectivity index (χ4n) is 3.48. The maximum Gasteiger partial charge on any atom is 0.416 e. The molecule has 0 atom stereocenters. The molecule has 0 saturated heterocycles. The van der Waals surface area contributed by atoms with Gasteiger partial charge in [-0.25, -0.2) is 0 Å². The van der Waals surface area contributed by atoms with Crippen LogP contribution in [0.2, 0.25) is 0 Å². The van der Waals surface area contributed by atoms with Gasteiger partial charge in [-0.15, -0.1) is 0 Å². The van der Waals surface area contributed by atoms with Crippen molar-refractivity contribution in [1.29, 1.82) is 0 Å². The Hall–Kier alpha value is -3.08. The molecule has 0 aromatic heterocycles. The number of aromatic hydroxyl groups is 1. The minimum absolute atomic E-state index is 0.0225. The van der Waals surface area contributed by atoms with E-state index in [1.54, 1.807) is 24.4 Å². The maximum atomic E-state index is 12.8. The minimum Gasteiger partial charge on any atom is -0.507 e. The van der Waals surface area contributed by atoms with Crippen molar-refractivity contribution in [2.24, 2.45) is 4.99 Å². The number of rotatable bonds is 5. The van der Waals surface area contributed by atoms with Crippen LogP contribution in [-0.2, 0) is 6.18 Å². The van der Waals surface area contributed by atoms with Gasteiger partial charge in [0.25, 0.3) is 0 Å². The van der Waals surface area contributed by atoms with Crippen LogP contribution in [0.25, 0.3) is 11.1 Å². The van der Waals surface area contributed by atoms with Crippen molar-refractivity contribution in [3.05, 3.63) is 82.9 Å². The van der Waals surface area contributed by atoms with Crippen molar-refractivity contribution in [2.45, 2.75) is 45.7 Å². The van der Waals surface area contributed by atoms with Crippen molar-refractivity contribution in [3.8, 4) is 16.9 Å². The van der Waals surface area contributed by atoms with E-state index >= 15 is 0 Å². The third-order valence-electron chi connectivity index (χ3n) is 5.25. The number of para-hydroxylation sites is 1. The second-order valence-electron chi connectivity index (χ2n) is 8.20. The summed E-state index contributed by atoms with van der Waals surface area (Å²) >= 11 is 0. The lowest BCUT2D eigenvalue weighted by atomic mass is 9.93. The molecule has 3 aromatic rings. The molecule has 5 heteroatoms. The molecule has 0 amide bonds. The third-order valence-corrected chi connectivity index (χ3v) is 5.25. The predicted molar refractivity (Wildman–Crippen MR) is 120 cm³/mol. The van der Waals surface area contributed by atoms with E-state index in [1.165, 1.54) is 12.1 Å². The van der Waals surface area contributed by atoms with Gasteiger partial charge in [0.05, 0.1) is 11.3 Å². The van der Waals surface area contributed by atoms with E-state index in [1.807, 2.05) is 6.07 Å². The Morgan fingerprint density at radius 1 is 0.806 bits per heavy atom. The molecule has 0 unspecified atom stereocenters. The molecule has 162 valence electrons. The van der Waals surface area contributed by atoms with Gasteiger partial charge in [0.2, 0.25) is 0 Å². The lowest BCUT2D eigenvalue weighted by Crippen LogP contribution is -2.03. The Morgan fingerprint density at radius 3 is 1.84 bits per heavy atom. The average Bonchev–Trinajstić information content (AvgIpc) is 2.71. The highest BCUT2D eigenvalue weighted by Gasteiger charge is 2.30. The molecular weight excluding hydrogens is 399 g/mol. The summed E-state index contributed by atoms with van der Waals surface area (Å²) in [6, 6.07) is 16.1. The zero-order chi connectivity index (χ0) is 22.8. The molecule has 0 fully saturated rings. The number of phenols is 1. The molecule has 3 rings (SSSR count). The number of hydrogen-bond acceptors (Lipinski definition) is 2. The third kappa shape index (κ3) is 5.16. The number of phenolic OH excluding ortho intramolecular Hbond substituents is 1. The molecule has 0 aliphatic heterocycles. The van der Waals surface area contributed by atoms with Crippen LogP contribution >= 0.6 is 0 Å². The van der Waals surface area contributed by atoms with Crippen LogP contribution in [0.5, 0.6) is 5.75 Å². The Kier molecular flexibility index (Phi) is 6.54. The summed E-state index contributed by atoms with van der Waals surface area (Å²) in [7, 11) is 0. The van der Waals surface area contributed by atoms with Gasteiger partial charge in [-0.3, -0.25) is 4.99 Å². The van der Waals surface area contributed by atoms with E-state index in [9.17, 15) is 18.3 Å². The maximum absolute atomic E-state index is 12.8. The molecular formula is C26H26F3NO. The Labute approximate surface area is 181 Å². The fraction of sp³-hybridized carbons (Fsp3) is 0.269. The second-order valence-corrected chi connectivity index (χ2v) is 8.20. The van der Waals surface area contributed by atoms with E-state index in [4.69, 9.17) is 4.99 Å². The number of hydrogen-bond donors (Lipinski definition) is 1. The molecule has 3 aromatic carbocycles. The molecule has 1 N–H and O–H groups in total. The number of aliphatic imine (C=N–C) groups is 1. The lowest BCUT2D eigenvalue weighted by molar-refractivity contribution is -0.137. The first-order valence-electron chi connectivity index (χ1n) is 10.3. The quantitative estimate of drug-likeness (QED) is 0.412. The van der Waals surface area contributed by atoms with Crippen LogP contribution in [0.4, 0.5) is 18.9 Å². The van der Waals surface area contributed by atoms with Gasteiger partial charge < -0.3 is 5.11 Å². The first-order valence-corrected chi connectivity index (χ1v) is 10.3. The molecule has 2 nitrogen and oxygen atoms in total. The van der Waals surface area contributed by atoms with Crippen molar-refractivity contribution in [2.75, 3.05) is 0 Å². The normalized spacial score (nSPS) is 12.3. The SMILES string of the molecule is CC(C)c1cccc(C(C)C)c1N=Cc1ccc(-c2ccc(C(F)(F)F)cc2)cc1O. The number of alkyl halides is 3. The lowest BCUT2D eigenvalue weighted by Gasteiger charge is -2.16. The van der Waals surface area contributed by atoms with Crippen molar-refractivity contribution in [1.82, 2.24) is 0 Å². The fourth-order valence-corrected chi connectivity index (χ4v) is 3.48. The summed E-state index contributed by atoms with van der Waals surface area (Å²) in [4.78, 5) is 4.71. The molecule has 0 heterocycles. The van der Waals surface area contributed by atoms with Gasteiger partial charge in [0.15, 0.2) is 0 Å². The van der Waals surface area contributed by atoms with E-state index in [-0.39, 0.29) is 5.75 Å². The van der Waals surface area contributed by atoms with Gasteiger partial charge >= 0.3 is 6.18 Å². The molecule has 0 bridgehead atoms. The van der Waals surface area contributed by atoms with Crippen LogP contribution < -0.4 is 0 Å². The van der Waals surface area contributed by atoms with Crippen molar-refractivity contribution < 1.29 is 18.3 Å². The summed E-state index contributed by atoms with van der Waals surface area (Å²) in [6.07, 6.45) is -2.74. The van der Waals surface area contributed by atoms with Crippen molar-refractivity contribution >= 4 is 11.9 Å². The highest BCUT2D eigenvalue weighted by Crippen LogP contribution is 2.35. The molecule has 0 spiro atoms. The largest absolute Gasteiger partial charge is 0.507 e. The van der Waals surface area contributed by atoms with Crippen molar-refractivity contribution in [3.63, 3.8) is 0 Å². The topological polar surface area (TPSA) is 32.6 Å². The minimum atomic E-state index is -4.37. The summed E-state index contributed by atoms with van der Waals surface area (Å²) in [5.74, 6) is 0.636. The van der Waals surface area contributed by atoms with Crippen LogP contribution in [0.1, 0.15) is 61.8 Å². The smallest absolute Gasteiger partial charge is 0.416 e. The summed E-state index contributed by atoms with van der Waals surface area (Å²) in [5.41, 5.74) is 4.27. The van der Waals surface area contributed by atoms with Gasteiger partial charge in [0.1, 0.15) is 5.75 Å². The molecule has 0 aliphatic carbocycles. The van der Waals surface area contributed by atoms with E-state index in [0.29, 0.717) is 28.5 Å². The van der Waals surface area contributed by atoms with Crippen LogP contribution in [0.15, 0.2) is 65.7 Å².